The van der Waals surface area contributed by atoms with Crippen LogP contribution in [0.4, 0.5) is 0 Å². The summed E-state index contributed by atoms with van der Waals surface area (Å²) in [4.78, 5) is 7.23. The third kappa shape index (κ3) is 2.05. The van der Waals surface area contributed by atoms with Crippen molar-refractivity contribution < 1.29 is 0 Å². The summed E-state index contributed by atoms with van der Waals surface area (Å²) in [5.74, 6) is 0. The van der Waals surface area contributed by atoms with E-state index in [9.17, 15) is 0 Å². The number of aromatic nitrogens is 2. The van der Waals surface area contributed by atoms with Crippen molar-refractivity contribution in [3.05, 3.63) is 40.8 Å². The monoisotopic (exact) mass is 220 g/mol. The van der Waals surface area contributed by atoms with Crippen molar-refractivity contribution >= 4 is 11.6 Å². The van der Waals surface area contributed by atoms with Crippen molar-refractivity contribution in [3.63, 3.8) is 0 Å². The number of benzene rings is 1. The Labute approximate surface area is 94.3 Å². The summed E-state index contributed by atoms with van der Waals surface area (Å²) in [5.41, 5.74) is 4.37. The average molecular weight is 221 g/mol. The molecule has 2 rings (SSSR count). The van der Waals surface area contributed by atoms with Gasteiger partial charge in [-0.25, -0.2) is 4.98 Å². The minimum absolute atomic E-state index is 0.446. The Morgan fingerprint density at radius 1 is 1.27 bits per heavy atom. The molecule has 0 fully saturated rings. The van der Waals surface area contributed by atoms with Gasteiger partial charge in [0.2, 0.25) is 5.28 Å². The second-order valence-corrected chi connectivity index (χ2v) is 3.91. The van der Waals surface area contributed by atoms with Gasteiger partial charge in [-0.1, -0.05) is 31.2 Å². The van der Waals surface area contributed by atoms with Gasteiger partial charge in [0.1, 0.15) is 0 Å². The number of nitrogens with one attached hydrogen (secondary N) is 1. The smallest absolute Gasteiger partial charge is 0.200 e. The molecule has 0 radical (unpaired) electrons. The van der Waals surface area contributed by atoms with Gasteiger partial charge < -0.3 is 4.98 Å². The van der Waals surface area contributed by atoms with Crippen LogP contribution in [0.5, 0.6) is 0 Å². The molecule has 0 saturated carbocycles. The van der Waals surface area contributed by atoms with Gasteiger partial charge in [-0.05, 0) is 30.5 Å². The molecule has 15 heavy (non-hydrogen) atoms. The van der Waals surface area contributed by atoms with Crippen LogP contribution in [0.15, 0.2) is 24.3 Å². The van der Waals surface area contributed by atoms with E-state index in [-0.39, 0.29) is 0 Å². The van der Waals surface area contributed by atoms with Gasteiger partial charge in [0.15, 0.2) is 0 Å². The maximum absolute atomic E-state index is 5.81. The molecular weight excluding hydrogens is 208 g/mol. The number of rotatable bonds is 2. The summed E-state index contributed by atoms with van der Waals surface area (Å²) in [6.07, 6.45) is 1.06. The number of hydrogen-bond acceptors (Lipinski definition) is 1. The fourth-order valence-corrected chi connectivity index (χ4v) is 1.83. The highest BCUT2D eigenvalue weighted by Crippen LogP contribution is 2.23. The van der Waals surface area contributed by atoms with E-state index in [1.807, 2.05) is 6.92 Å². The van der Waals surface area contributed by atoms with E-state index >= 15 is 0 Å². The van der Waals surface area contributed by atoms with E-state index in [0.717, 1.165) is 23.4 Å². The van der Waals surface area contributed by atoms with Crippen molar-refractivity contribution in [2.45, 2.75) is 20.3 Å². The molecule has 0 aliphatic rings. The molecule has 0 aliphatic carbocycles. The van der Waals surface area contributed by atoms with E-state index < -0.39 is 0 Å². The van der Waals surface area contributed by atoms with E-state index in [4.69, 9.17) is 11.6 Å². The van der Waals surface area contributed by atoms with Crippen molar-refractivity contribution in [2.24, 2.45) is 0 Å². The zero-order chi connectivity index (χ0) is 10.8. The molecule has 0 unspecified atom stereocenters. The highest BCUT2D eigenvalue weighted by molar-refractivity contribution is 6.28. The molecule has 2 nitrogen and oxygen atoms in total. The number of H-pyrrole nitrogens is 1. The number of nitrogens with zero attached hydrogens (tertiary/aromatic N) is 1. The van der Waals surface area contributed by atoms with Crippen molar-refractivity contribution in [1.82, 2.24) is 9.97 Å². The van der Waals surface area contributed by atoms with Gasteiger partial charge in [0.25, 0.3) is 0 Å². The van der Waals surface area contributed by atoms with E-state index in [1.165, 1.54) is 5.56 Å². The summed E-state index contributed by atoms with van der Waals surface area (Å²) in [5, 5.41) is 0.446. The van der Waals surface area contributed by atoms with Crippen LogP contribution < -0.4 is 0 Å². The molecule has 0 atom stereocenters. The first kappa shape index (κ1) is 10.2. The SMILES string of the molecule is CCc1ccc(-c2nc(Cl)[nH]c2C)cc1. The molecular formula is C12H13ClN2. The van der Waals surface area contributed by atoms with Gasteiger partial charge in [-0.2, -0.15) is 0 Å². The number of imidazole rings is 1. The topological polar surface area (TPSA) is 28.7 Å². The highest BCUT2D eigenvalue weighted by Gasteiger charge is 2.06. The Morgan fingerprint density at radius 3 is 2.40 bits per heavy atom. The molecule has 0 saturated heterocycles. The van der Waals surface area contributed by atoms with Crippen LogP contribution >= 0.6 is 11.6 Å². The summed E-state index contributed by atoms with van der Waals surface area (Å²) in [6, 6.07) is 8.41. The largest absolute Gasteiger partial charge is 0.332 e. The van der Waals surface area contributed by atoms with Crippen molar-refractivity contribution in [3.8, 4) is 11.3 Å². The van der Waals surface area contributed by atoms with E-state index in [2.05, 4.69) is 41.2 Å². The highest BCUT2D eigenvalue weighted by atomic mass is 35.5. The second-order valence-electron chi connectivity index (χ2n) is 3.55. The Balaban J connectivity index is 2.41. The van der Waals surface area contributed by atoms with Gasteiger partial charge in [0, 0.05) is 11.3 Å². The lowest BCUT2D eigenvalue weighted by Crippen LogP contribution is -1.83. The molecule has 1 N–H and O–H groups in total. The molecule has 0 amide bonds. The first-order chi connectivity index (χ1) is 7.20. The van der Waals surface area contributed by atoms with Crippen LogP contribution in [0, 0.1) is 6.92 Å². The Morgan fingerprint density at radius 2 is 1.93 bits per heavy atom. The van der Waals surface area contributed by atoms with Crippen LogP contribution in [0.1, 0.15) is 18.2 Å². The summed E-state index contributed by atoms with van der Waals surface area (Å²) in [7, 11) is 0. The molecule has 78 valence electrons. The molecule has 0 bridgehead atoms. The number of aryl methyl sites for hydroxylation is 2. The van der Waals surface area contributed by atoms with Gasteiger partial charge >= 0.3 is 0 Å². The summed E-state index contributed by atoms with van der Waals surface area (Å²) >= 11 is 5.81. The van der Waals surface area contributed by atoms with Crippen molar-refractivity contribution in [2.75, 3.05) is 0 Å². The van der Waals surface area contributed by atoms with Gasteiger partial charge in [0.05, 0.1) is 5.69 Å². The molecule has 2 aromatic rings. The Kier molecular flexibility index (Phi) is 2.78. The number of hydrogen-bond donors (Lipinski definition) is 1. The van der Waals surface area contributed by atoms with Crippen LogP contribution in [-0.4, -0.2) is 9.97 Å². The number of aromatic amines is 1. The molecule has 1 aromatic carbocycles. The lowest BCUT2D eigenvalue weighted by Gasteiger charge is -2.00. The van der Waals surface area contributed by atoms with Gasteiger partial charge in [-0.15, -0.1) is 0 Å². The molecule has 0 aliphatic heterocycles. The van der Waals surface area contributed by atoms with E-state index in [0.29, 0.717) is 5.28 Å². The first-order valence-electron chi connectivity index (χ1n) is 5.02. The molecule has 3 heteroatoms. The maximum atomic E-state index is 5.81. The zero-order valence-corrected chi connectivity index (χ0v) is 9.60. The van der Waals surface area contributed by atoms with Gasteiger partial charge in [-0.3, -0.25) is 0 Å². The predicted molar refractivity (Wildman–Crippen MR) is 63.1 cm³/mol. The maximum Gasteiger partial charge on any atom is 0.200 e. The summed E-state index contributed by atoms with van der Waals surface area (Å²) in [6.45, 7) is 4.12. The van der Waals surface area contributed by atoms with Crippen LogP contribution in [0.2, 0.25) is 5.28 Å². The third-order valence-electron chi connectivity index (χ3n) is 2.49. The fourth-order valence-electron chi connectivity index (χ4n) is 1.60. The lowest BCUT2D eigenvalue weighted by molar-refractivity contribution is 1.14. The standard InChI is InChI=1S/C12H13ClN2/c1-3-9-4-6-10(7-5-9)11-8(2)14-12(13)15-11/h4-7H,3H2,1-2H3,(H,14,15). The molecule has 1 aromatic heterocycles. The van der Waals surface area contributed by atoms with Crippen LogP contribution in [0.3, 0.4) is 0 Å². The minimum atomic E-state index is 0.446. The van der Waals surface area contributed by atoms with E-state index in [1.54, 1.807) is 0 Å². The van der Waals surface area contributed by atoms with Crippen molar-refractivity contribution in [1.29, 1.82) is 0 Å². The van der Waals surface area contributed by atoms with Crippen LogP contribution in [-0.2, 0) is 6.42 Å². The number of halogens is 1. The molecule has 1 heterocycles. The average Bonchev–Trinajstić information content (AvgIpc) is 2.58. The Bertz CT molecular complexity index is 457. The normalized spacial score (nSPS) is 10.6. The second kappa shape index (κ2) is 4.07. The van der Waals surface area contributed by atoms with Crippen LogP contribution in [0.25, 0.3) is 11.3 Å². The third-order valence-corrected chi connectivity index (χ3v) is 2.67. The Hall–Kier alpha value is -1.28. The minimum Gasteiger partial charge on any atom is -0.332 e. The predicted octanol–water partition coefficient (Wildman–Crippen LogP) is 3.60. The fraction of sp³-hybridized carbons (Fsp3) is 0.250. The quantitative estimate of drug-likeness (QED) is 0.823. The summed E-state index contributed by atoms with van der Waals surface area (Å²) < 4.78 is 0. The zero-order valence-electron chi connectivity index (χ0n) is 8.84. The molecule has 0 spiro atoms. The first-order valence-corrected chi connectivity index (χ1v) is 5.40. The lowest BCUT2D eigenvalue weighted by atomic mass is 10.1.